The van der Waals surface area contributed by atoms with Crippen LogP contribution in [0.3, 0.4) is 0 Å². The number of benzene rings is 2. The van der Waals surface area contributed by atoms with Gasteiger partial charge in [-0.3, -0.25) is 10.1 Å². The predicted molar refractivity (Wildman–Crippen MR) is 108 cm³/mol. The largest absolute Gasteiger partial charge is 0.497 e. The molecule has 0 saturated heterocycles. The lowest BCUT2D eigenvalue weighted by molar-refractivity contribution is -0.480. The second kappa shape index (κ2) is 8.14. The quantitative estimate of drug-likeness (QED) is 0.364. The molecule has 2 aliphatic rings. The average Bonchev–Trinajstić information content (AvgIpc) is 3.23. The number of fused-ring (bicyclic) bond motifs is 3. The van der Waals surface area contributed by atoms with Gasteiger partial charge in [0.2, 0.25) is 6.54 Å². The SMILES string of the molecule is COc1ccc2c(c1)OC1OC(c3ccccc3)=C(SCCCC[N+](=O)[O-])C21. The number of ether oxygens (including phenoxy) is 3. The lowest BCUT2D eigenvalue weighted by atomic mass is 9.99. The van der Waals surface area contributed by atoms with E-state index < -0.39 is 6.29 Å². The Bertz CT molecular complexity index is 899. The zero-order valence-electron chi connectivity index (χ0n) is 15.5. The standard InChI is InChI=1S/C21H21NO5S/c1-25-15-9-10-16-17(13-15)26-21-18(16)20(28-12-6-5-11-22(23)24)19(27-21)14-7-3-2-4-8-14/h2-4,7-10,13,18,21H,5-6,11-12H2,1H3. The smallest absolute Gasteiger partial charge is 0.252 e. The molecule has 146 valence electrons. The van der Waals surface area contributed by atoms with Gasteiger partial charge in [-0.15, -0.1) is 11.8 Å². The number of hydrogen-bond acceptors (Lipinski definition) is 6. The molecule has 0 amide bonds. The lowest BCUT2D eigenvalue weighted by Gasteiger charge is -2.12. The number of rotatable bonds is 8. The van der Waals surface area contributed by atoms with Crippen LogP contribution in [0.15, 0.2) is 53.4 Å². The molecule has 2 aliphatic heterocycles. The highest BCUT2D eigenvalue weighted by Gasteiger charge is 2.46. The molecule has 2 atom stereocenters. The van der Waals surface area contributed by atoms with Crippen LogP contribution in [0.25, 0.3) is 5.76 Å². The third-order valence-corrected chi connectivity index (χ3v) is 6.08. The highest BCUT2D eigenvalue weighted by Crippen LogP contribution is 2.54. The van der Waals surface area contributed by atoms with Crippen LogP contribution < -0.4 is 9.47 Å². The molecule has 0 saturated carbocycles. The first kappa shape index (κ1) is 18.7. The van der Waals surface area contributed by atoms with Crippen molar-refractivity contribution in [3.63, 3.8) is 0 Å². The van der Waals surface area contributed by atoms with Crippen molar-refractivity contribution >= 4 is 17.5 Å². The van der Waals surface area contributed by atoms with E-state index in [1.165, 1.54) is 0 Å². The van der Waals surface area contributed by atoms with Gasteiger partial charge in [0, 0.05) is 33.4 Å². The Kier molecular flexibility index (Phi) is 5.43. The zero-order valence-corrected chi connectivity index (χ0v) is 16.3. The normalized spacial score (nSPS) is 19.6. The van der Waals surface area contributed by atoms with E-state index >= 15 is 0 Å². The monoisotopic (exact) mass is 399 g/mol. The number of thioether (sulfide) groups is 1. The summed E-state index contributed by atoms with van der Waals surface area (Å²) in [5, 5.41) is 10.5. The van der Waals surface area contributed by atoms with Crippen LogP contribution >= 0.6 is 11.8 Å². The van der Waals surface area contributed by atoms with E-state index in [0.29, 0.717) is 6.42 Å². The van der Waals surface area contributed by atoms with Crippen LogP contribution in [0.1, 0.15) is 29.9 Å². The highest BCUT2D eigenvalue weighted by atomic mass is 32.2. The number of methoxy groups -OCH3 is 1. The number of nitro groups is 1. The molecule has 2 aromatic rings. The topological polar surface area (TPSA) is 70.8 Å². The molecular weight excluding hydrogens is 378 g/mol. The molecule has 2 unspecified atom stereocenters. The van der Waals surface area contributed by atoms with Crippen molar-refractivity contribution in [3.05, 3.63) is 74.7 Å². The Morgan fingerprint density at radius 3 is 2.71 bits per heavy atom. The van der Waals surface area contributed by atoms with Crippen molar-refractivity contribution in [2.24, 2.45) is 0 Å². The van der Waals surface area contributed by atoms with Crippen LogP contribution in [0, 0.1) is 10.1 Å². The van der Waals surface area contributed by atoms with E-state index in [-0.39, 0.29) is 17.4 Å². The minimum Gasteiger partial charge on any atom is -0.497 e. The Morgan fingerprint density at radius 2 is 1.96 bits per heavy atom. The van der Waals surface area contributed by atoms with Gasteiger partial charge in [-0.05, 0) is 18.2 Å². The molecule has 2 heterocycles. The minimum atomic E-state index is -0.390. The summed E-state index contributed by atoms with van der Waals surface area (Å²) in [6.45, 7) is 0.0133. The fourth-order valence-corrected chi connectivity index (χ4v) is 4.78. The molecule has 0 fully saturated rings. The number of hydrogen-bond donors (Lipinski definition) is 0. The third-order valence-electron chi connectivity index (χ3n) is 4.84. The summed E-state index contributed by atoms with van der Waals surface area (Å²) in [4.78, 5) is 11.4. The average molecular weight is 399 g/mol. The molecule has 0 spiro atoms. The molecular formula is C21H21NO5S. The molecule has 0 aliphatic carbocycles. The lowest BCUT2D eigenvalue weighted by Crippen LogP contribution is -2.16. The number of unbranched alkanes of at least 4 members (excludes halogenated alkanes) is 1. The molecule has 0 bridgehead atoms. The second-order valence-corrected chi connectivity index (χ2v) is 7.79. The summed E-state index contributed by atoms with van der Waals surface area (Å²) < 4.78 is 17.6. The van der Waals surface area contributed by atoms with Crippen molar-refractivity contribution in [2.45, 2.75) is 25.0 Å². The summed E-state index contributed by atoms with van der Waals surface area (Å²) in [5.41, 5.74) is 2.10. The van der Waals surface area contributed by atoms with Gasteiger partial charge in [0.05, 0.1) is 13.0 Å². The van der Waals surface area contributed by atoms with Crippen LogP contribution in [0.2, 0.25) is 0 Å². The molecule has 6 nitrogen and oxygen atoms in total. The van der Waals surface area contributed by atoms with Gasteiger partial charge in [0.1, 0.15) is 17.3 Å². The fourth-order valence-electron chi connectivity index (χ4n) is 3.49. The van der Waals surface area contributed by atoms with Crippen molar-refractivity contribution in [3.8, 4) is 11.5 Å². The maximum Gasteiger partial charge on any atom is 0.252 e. The maximum atomic E-state index is 10.5. The first-order valence-electron chi connectivity index (χ1n) is 9.23. The predicted octanol–water partition coefficient (Wildman–Crippen LogP) is 4.69. The molecule has 2 aromatic carbocycles. The third kappa shape index (κ3) is 3.67. The Morgan fingerprint density at radius 1 is 1.14 bits per heavy atom. The van der Waals surface area contributed by atoms with Crippen LogP contribution in [-0.4, -0.2) is 30.6 Å². The van der Waals surface area contributed by atoms with Gasteiger partial charge < -0.3 is 14.2 Å². The molecule has 0 N–H and O–H groups in total. The molecule has 28 heavy (non-hydrogen) atoms. The van der Waals surface area contributed by atoms with E-state index in [0.717, 1.165) is 45.5 Å². The maximum absolute atomic E-state index is 10.5. The van der Waals surface area contributed by atoms with Crippen molar-refractivity contribution < 1.29 is 19.1 Å². The van der Waals surface area contributed by atoms with E-state index in [2.05, 4.69) is 0 Å². The molecule has 4 rings (SSSR count). The Balaban J connectivity index is 1.60. The van der Waals surface area contributed by atoms with Crippen molar-refractivity contribution in [1.82, 2.24) is 0 Å². The van der Waals surface area contributed by atoms with Gasteiger partial charge in [0.25, 0.3) is 6.29 Å². The van der Waals surface area contributed by atoms with Crippen LogP contribution in [-0.2, 0) is 4.74 Å². The van der Waals surface area contributed by atoms with Crippen molar-refractivity contribution in [2.75, 3.05) is 19.4 Å². The summed E-state index contributed by atoms with van der Waals surface area (Å²) >= 11 is 1.71. The van der Waals surface area contributed by atoms with E-state index in [1.807, 2.05) is 48.5 Å². The van der Waals surface area contributed by atoms with Gasteiger partial charge in [-0.1, -0.05) is 36.4 Å². The molecule has 0 aromatic heterocycles. The number of nitrogens with zero attached hydrogens (tertiary/aromatic N) is 1. The van der Waals surface area contributed by atoms with Gasteiger partial charge in [0.15, 0.2) is 0 Å². The molecule has 7 heteroatoms. The summed E-state index contributed by atoms with van der Waals surface area (Å²) in [6.07, 6.45) is 0.969. The van der Waals surface area contributed by atoms with E-state index in [1.54, 1.807) is 18.9 Å². The summed E-state index contributed by atoms with van der Waals surface area (Å²) in [5.74, 6) is 3.19. The minimum absolute atomic E-state index is 0.0108. The van der Waals surface area contributed by atoms with Gasteiger partial charge >= 0.3 is 0 Å². The molecule has 0 radical (unpaired) electrons. The fraction of sp³-hybridized carbons (Fsp3) is 0.333. The first-order chi connectivity index (χ1) is 13.7. The van der Waals surface area contributed by atoms with Gasteiger partial charge in [-0.25, -0.2) is 0 Å². The first-order valence-corrected chi connectivity index (χ1v) is 10.2. The van der Waals surface area contributed by atoms with Gasteiger partial charge in [-0.2, -0.15) is 0 Å². The van der Waals surface area contributed by atoms with Crippen LogP contribution in [0.5, 0.6) is 11.5 Å². The van der Waals surface area contributed by atoms with E-state index in [9.17, 15) is 10.1 Å². The zero-order chi connectivity index (χ0) is 19.5. The summed E-state index contributed by atoms with van der Waals surface area (Å²) in [6, 6.07) is 15.9. The van der Waals surface area contributed by atoms with Crippen molar-refractivity contribution in [1.29, 1.82) is 0 Å². The van der Waals surface area contributed by atoms with Crippen LogP contribution in [0.4, 0.5) is 0 Å². The van der Waals surface area contributed by atoms with E-state index in [4.69, 9.17) is 14.2 Å². The Hall–Kier alpha value is -2.67. The Labute approximate surface area is 167 Å². The summed E-state index contributed by atoms with van der Waals surface area (Å²) in [7, 11) is 1.63. The second-order valence-electron chi connectivity index (χ2n) is 6.66. The highest BCUT2D eigenvalue weighted by molar-refractivity contribution is 8.03.